The number of terminal acetylenes is 1. The van der Waals surface area contributed by atoms with E-state index in [1.54, 1.807) is 16.7 Å². The Hall–Kier alpha value is -2.18. The van der Waals surface area contributed by atoms with Crippen molar-refractivity contribution in [3.05, 3.63) is 57.1 Å². The van der Waals surface area contributed by atoms with Gasteiger partial charge in [0.1, 0.15) is 5.82 Å². The number of amides is 1. The highest BCUT2D eigenvalue weighted by molar-refractivity contribution is 7.91. The van der Waals surface area contributed by atoms with Crippen molar-refractivity contribution < 1.29 is 17.6 Å². The van der Waals surface area contributed by atoms with Crippen LogP contribution in [-0.2, 0) is 21.2 Å². The zero-order valence-electron chi connectivity index (χ0n) is 15.4. The van der Waals surface area contributed by atoms with Gasteiger partial charge in [0.05, 0.1) is 37.5 Å². The predicted octanol–water partition coefficient (Wildman–Crippen LogP) is 4.46. The minimum atomic E-state index is -3.62. The molecule has 0 fully saturated rings. The number of sulfone groups is 1. The molecule has 30 heavy (non-hydrogen) atoms. The molecular weight excluding hydrogens is 470 g/mol. The quantitative estimate of drug-likeness (QED) is 0.383. The standard InChI is InChI=1S/C20H15Cl2FN2O3S2/c1-2-11-25-18-15(21)9-10-16(22)19(18)29-20(25)24-17(26)4-3-12-30(27,28)14-7-5-13(23)6-8-14/h1,5-10H,3-4,11-12H2. The number of rotatable bonds is 6. The second kappa shape index (κ2) is 9.31. The lowest BCUT2D eigenvalue weighted by Crippen LogP contribution is -2.17. The number of carbonyl (C=O) groups excluding carboxylic acids is 1. The summed E-state index contributed by atoms with van der Waals surface area (Å²) in [5, 5.41) is 0.893. The van der Waals surface area contributed by atoms with Gasteiger partial charge in [0.15, 0.2) is 14.6 Å². The van der Waals surface area contributed by atoms with Crippen molar-refractivity contribution in [1.82, 2.24) is 4.57 Å². The first-order valence-corrected chi connectivity index (χ1v) is 11.9. The minimum absolute atomic E-state index is 0.00828. The number of fused-ring (bicyclic) bond motifs is 1. The van der Waals surface area contributed by atoms with Crippen molar-refractivity contribution in [1.29, 1.82) is 0 Å². The summed E-state index contributed by atoms with van der Waals surface area (Å²) in [6.45, 7) is 0.144. The molecule has 0 aliphatic rings. The topological polar surface area (TPSA) is 68.5 Å². The van der Waals surface area contributed by atoms with Crippen molar-refractivity contribution >= 4 is 60.5 Å². The number of thiazole rings is 1. The van der Waals surface area contributed by atoms with Crippen LogP contribution < -0.4 is 4.80 Å². The van der Waals surface area contributed by atoms with Crippen LogP contribution >= 0.6 is 34.5 Å². The summed E-state index contributed by atoms with van der Waals surface area (Å²) in [7, 11) is -3.62. The average molecular weight is 485 g/mol. The third-order valence-electron chi connectivity index (χ3n) is 4.17. The van der Waals surface area contributed by atoms with Crippen molar-refractivity contribution in [2.45, 2.75) is 24.3 Å². The smallest absolute Gasteiger partial charge is 0.248 e. The summed E-state index contributed by atoms with van der Waals surface area (Å²) in [5.74, 6) is 1.23. The lowest BCUT2D eigenvalue weighted by molar-refractivity contribution is -0.118. The third-order valence-corrected chi connectivity index (χ3v) is 7.83. The fraction of sp³-hybridized carbons (Fsp3) is 0.200. The Kier molecular flexibility index (Phi) is 6.98. The molecule has 0 bridgehead atoms. The Morgan fingerprint density at radius 1 is 1.17 bits per heavy atom. The summed E-state index contributed by atoms with van der Waals surface area (Å²) >= 11 is 13.7. The first kappa shape index (κ1) is 22.5. The predicted molar refractivity (Wildman–Crippen MR) is 117 cm³/mol. The van der Waals surface area contributed by atoms with Gasteiger partial charge in [0.2, 0.25) is 5.91 Å². The molecule has 3 rings (SSSR count). The van der Waals surface area contributed by atoms with Crippen LogP contribution in [0.2, 0.25) is 10.0 Å². The van der Waals surface area contributed by atoms with Crippen LogP contribution in [0.25, 0.3) is 10.2 Å². The fourth-order valence-electron chi connectivity index (χ4n) is 2.77. The van der Waals surface area contributed by atoms with Crippen LogP contribution in [0.1, 0.15) is 12.8 Å². The highest BCUT2D eigenvalue weighted by Gasteiger charge is 2.16. The highest BCUT2D eigenvalue weighted by Crippen LogP contribution is 2.31. The molecule has 2 aromatic carbocycles. The molecule has 0 N–H and O–H groups in total. The van der Waals surface area contributed by atoms with Gasteiger partial charge in [-0.3, -0.25) is 4.79 Å². The number of hydrogen-bond donors (Lipinski definition) is 0. The third kappa shape index (κ3) is 4.93. The number of carbonyl (C=O) groups is 1. The van der Waals surface area contributed by atoms with Gasteiger partial charge in [-0.2, -0.15) is 4.99 Å². The normalized spacial score (nSPS) is 12.3. The average Bonchev–Trinajstić information content (AvgIpc) is 3.04. The van der Waals surface area contributed by atoms with Gasteiger partial charge in [0, 0.05) is 6.42 Å². The lowest BCUT2D eigenvalue weighted by Gasteiger charge is -2.04. The minimum Gasteiger partial charge on any atom is -0.303 e. The first-order chi connectivity index (χ1) is 14.2. The molecule has 10 heteroatoms. The zero-order chi connectivity index (χ0) is 21.9. The fourth-order valence-corrected chi connectivity index (χ4v) is 5.74. The number of halogens is 3. The molecule has 1 aromatic heterocycles. The van der Waals surface area contributed by atoms with E-state index in [1.807, 2.05) is 0 Å². The monoisotopic (exact) mass is 484 g/mol. The van der Waals surface area contributed by atoms with Gasteiger partial charge >= 0.3 is 0 Å². The van der Waals surface area contributed by atoms with E-state index in [-0.39, 0.29) is 30.0 Å². The van der Waals surface area contributed by atoms with E-state index >= 15 is 0 Å². The summed E-state index contributed by atoms with van der Waals surface area (Å²) in [6, 6.07) is 7.84. The maximum atomic E-state index is 13.0. The Morgan fingerprint density at radius 2 is 1.83 bits per heavy atom. The molecule has 5 nitrogen and oxygen atoms in total. The van der Waals surface area contributed by atoms with Crippen molar-refractivity contribution in [3.8, 4) is 12.3 Å². The molecule has 0 aliphatic carbocycles. The van der Waals surface area contributed by atoms with Crippen LogP contribution in [-0.4, -0.2) is 24.6 Å². The van der Waals surface area contributed by atoms with E-state index in [0.717, 1.165) is 12.1 Å². The molecular formula is C20H15Cl2FN2O3S2. The Balaban J connectivity index is 1.80. The number of hydrogen-bond acceptors (Lipinski definition) is 4. The molecule has 0 atom stereocenters. The summed E-state index contributed by atoms with van der Waals surface area (Å²) in [6.07, 6.45) is 5.43. The molecule has 0 radical (unpaired) electrons. The van der Waals surface area contributed by atoms with Crippen LogP contribution in [0, 0.1) is 18.2 Å². The molecule has 0 spiro atoms. The summed E-state index contributed by atoms with van der Waals surface area (Å²) < 4.78 is 39.9. The number of aromatic nitrogens is 1. The summed E-state index contributed by atoms with van der Waals surface area (Å²) in [4.78, 5) is 16.8. The highest BCUT2D eigenvalue weighted by atomic mass is 35.5. The SMILES string of the molecule is C#CCn1c(=NC(=O)CCCS(=O)(=O)c2ccc(F)cc2)sc2c(Cl)ccc(Cl)c21. The molecule has 0 aliphatic heterocycles. The van der Waals surface area contributed by atoms with Gasteiger partial charge < -0.3 is 4.57 Å². The van der Waals surface area contributed by atoms with Crippen molar-refractivity contribution in [2.24, 2.45) is 4.99 Å². The van der Waals surface area contributed by atoms with E-state index in [0.29, 0.717) is 25.1 Å². The molecule has 1 amide bonds. The van der Waals surface area contributed by atoms with Crippen LogP contribution in [0.15, 0.2) is 46.3 Å². The van der Waals surface area contributed by atoms with E-state index in [1.165, 1.54) is 23.5 Å². The zero-order valence-corrected chi connectivity index (χ0v) is 18.6. The maximum absolute atomic E-state index is 13.0. The van der Waals surface area contributed by atoms with Gasteiger partial charge in [-0.05, 0) is 42.8 Å². The molecule has 0 saturated carbocycles. The summed E-state index contributed by atoms with van der Waals surface area (Å²) in [5.41, 5.74) is 0.595. The van der Waals surface area contributed by atoms with E-state index in [2.05, 4.69) is 10.9 Å². The van der Waals surface area contributed by atoms with E-state index in [4.69, 9.17) is 29.6 Å². The molecule has 3 aromatic rings. The van der Waals surface area contributed by atoms with Crippen LogP contribution in [0.3, 0.4) is 0 Å². The Morgan fingerprint density at radius 3 is 2.50 bits per heavy atom. The van der Waals surface area contributed by atoms with Gasteiger partial charge in [-0.1, -0.05) is 40.5 Å². The number of benzene rings is 2. The van der Waals surface area contributed by atoms with Gasteiger partial charge in [-0.15, -0.1) is 6.42 Å². The lowest BCUT2D eigenvalue weighted by atomic mass is 10.3. The number of nitrogens with zero attached hydrogens (tertiary/aromatic N) is 2. The Bertz CT molecular complexity index is 1320. The van der Waals surface area contributed by atoms with Crippen molar-refractivity contribution in [3.63, 3.8) is 0 Å². The van der Waals surface area contributed by atoms with Gasteiger partial charge in [-0.25, -0.2) is 12.8 Å². The van der Waals surface area contributed by atoms with Crippen molar-refractivity contribution in [2.75, 3.05) is 5.75 Å². The molecule has 156 valence electrons. The van der Waals surface area contributed by atoms with E-state index in [9.17, 15) is 17.6 Å². The van der Waals surface area contributed by atoms with E-state index < -0.39 is 21.6 Å². The van der Waals surface area contributed by atoms with Gasteiger partial charge in [0.25, 0.3) is 0 Å². The Labute approximate surface area is 186 Å². The second-order valence-electron chi connectivity index (χ2n) is 6.26. The largest absolute Gasteiger partial charge is 0.303 e. The van der Waals surface area contributed by atoms with Crippen LogP contribution in [0.4, 0.5) is 4.39 Å². The maximum Gasteiger partial charge on any atom is 0.248 e. The first-order valence-electron chi connectivity index (χ1n) is 8.69. The molecule has 0 unspecified atom stereocenters. The van der Waals surface area contributed by atoms with Crippen LogP contribution in [0.5, 0.6) is 0 Å². The second-order valence-corrected chi connectivity index (χ2v) is 10.2. The molecule has 1 heterocycles. The molecule has 0 saturated heterocycles.